The van der Waals surface area contributed by atoms with Crippen molar-refractivity contribution in [3.05, 3.63) is 54.6 Å². The molecule has 2 aromatic carbocycles. The first kappa shape index (κ1) is 18.2. The Morgan fingerprint density at radius 3 is 2.29 bits per heavy atom. The molecule has 0 aliphatic heterocycles. The molecule has 0 aromatic heterocycles. The molecule has 0 spiro atoms. The van der Waals surface area contributed by atoms with Crippen molar-refractivity contribution in [3.8, 4) is 11.5 Å². The predicted octanol–water partition coefficient (Wildman–Crippen LogP) is 4.22. The highest BCUT2D eigenvalue weighted by atomic mass is 32.2. The van der Waals surface area contributed by atoms with E-state index in [2.05, 4.69) is 5.32 Å². The van der Waals surface area contributed by atoms with Crippen LogP contribution in [0.2, 0.25) is 0 Å². The lowest BCUT2D eigenvalue weighted by atomic mass is 10.3. The molecule has 2 rings (SSSR count). The number of amides is 1. The number of carbonyl (C=O) groups is 1. The summed E-state index contributed by atoms with van der Waals surface area (Å²) in [5.74, 6) is 2.40. The molecule has 0 radical (unpaired) electrons. The van der Waals surface area contributed by atoms with Crippen molar-refractivity contribution in [2.75, 3.05) is 24.3 Å². The van der Waals surface area contributed by atoms with Gasteiger partial charge < -0.3 is 14.8 Å². The molecule has 24 heavy (non-hydrogen) atoms. The highest BCUT2D eigenvalue weighted by Gasteiger charge is 2.13. The maximum atomic E-state index is 12.1. The molecule has 1 amide bonds. The zero-order chi connectivity index (χ0) is 17.2. The predicted molar refractivity (Wildman–Crippen MR) is 100 cm³/mol. The minimum Gasteiger partial charge on any atom is -0.494 e. The maximum absolute atomic E-state index is 12.1. The first-order chi connectivity index (χ1) is 11.7. The maximum Gasteiger partial charge on any atom is 0.237 e. The van der Waals surface area contributed by atoms with Gasteiger partial charge in [0.1, 0.15) is 11.5 Å². The second kappa shape index (κ2) is 9.88. The SMILES string of the molecule is CCOc1ccc(OCCSC(C)C(=O)Nc2ccccc2)cc1. The molecule has 0 saturated carbocycles. The van der Waals surface area contributed by atoms with Gasteiger partial charge in [0.25, 0.3) is 0 Å². The van der Waals surface area contributed by atoms with Crippen molar-refractivity contribution in [1.82, 2.24) is 0 Å². The second-order valence-electron chi connectivity index (χ2n) is 5.12. The van der Waals surface area contributed by atoms with E-state index in [4.69, 9.17) is 9.47 Å². The Morgan fingerprint density at radius 1 is 1.04 bits per heavy atom. The molecule has 0 aliphatic rings. The average molecular weight is 345 g/mol. The standard InChI is InChI=1S/C19H23NO3S/c1-3-22-17-9-11-18(12-10-17)23-13-14-24-15(2)19(21)20-16-7-5-4-6-8-16/h4-12,15H,3,13-14H2,1-2H3,(H,20,21). The lowest BCUT2D eigenvalue weighted by Gasteiger charge is -2.12. The van der Waals surface area contributed by atoms with Crippen molar-refractivity contribution in [2.24, 2.45) is 0 Å². The van der Waals surface area contributed by atoms with Crippen LogP contribution < -0.4 is 14.8 Å². The van der Waals surface area contributed by atoms with Gasteiger partial charge in [0.05, 0.1) is 18.5 Å². The molecule has 1 N–H and O–H groups in total. The molecular formula is C19H23NO3S. The van der Waals surface area contributed by atoms with Gasteiger partial charge in [-0.05, 0) is 50.2 Å². The van der Waals surface area contributed by atoms with E-state index in [9.17, 15) is 4.79 Å². The van der Waals surface area contributed by atoms with Crippen LogP contribution in [0.15, 0.2) is 54.6 Å². The van der Waals surface area contributed by atoms with E-state index in [1.807, 2.05) is 68.4 Å². The molecule has 2 aromatic rings. The summed E-state index contributed by atoms with van der Waals surface area (Å²) in [5, 5.41) is 2.77. The molecule has 0 aliphatic carbocycles. The topological polar surface area (TPSA) is 47.6 Å². The van der Waals surface area contributed by atoms with E-state index in [1.165, 1.54) is 0 Å². The summed E-state index contributed by atoms with van der Waals surface area (Å²) in [7, 11) is 0. The van der Waals surface area contributed by atoms with E-state index in [0.717, 1.165) is 22.9 Å². The summed E-state index contributed by atoms with van der Waals surface area (Å²) in [4.78, 5) is 12.1. The minimum atomic E-state index is -0.130. The summed E-state index contributed by atoms with van der Waals surface area (Å²) < 4.78 is 11.1. The third-order valence-corrected chi connectivity index (χ3v) is 4.38. The normalized spacial score (nSPS) is 11.6. The largest absolute Gasteiger partial charge is 0.494 e. The van der Waals surface area contributed by atoms with Crippen LogP contribution in [-0.2, 0) is 4.79 Å². The number of nitrogens with one attached hydrogen (secondary N) is 1. The number of benzene rings is 2. The number of thioether (sulfide) groups is 1. The number of ether oxygens (including phenoxy) is 2. The number of hydrogen-bond donors (Lipinski definition) is 1. The summed E-state index contributed by atoms with van der Waals surface area (Å²) in [5.41, 5.74) is 0.820. The van der Waals surface area contributed by atoms with Gasteiger partial charge in [-0.3, -0.25) is 4.79 Å². The fourth-order valence-electron chi connectivity index (χ4n) is 2.02. The number of para-hydroxylation sites is 1. The molecule has 0 saturated heterocycles. The molecule has 5 heteroatoms. The van der Waals surface area contributed by atoms with E-state index in [0.29, 0.717) is 13.2 Å². The van der Waals surface area contributed by atoms with Crippen LogP contribution in [-0.4, -0.2) is 30.1 Å². The van der Waals surface area contributed by atoms with E-state index in [-0.39, 0.29) is 11.2 Å². The van der Waals surface area contributed by atoms with E-state index < -0.39 is 0 Å². The van der Waals surface area contributed by atoms with Gasteiger partial charge in [0.15, 0.2) is 0 Å². The summed E-state index contributed by atoms with van der Waals surface area (Å²) in [6.45, 7) is 5.07. The van der Waals surface area contributed by atoms with Crippen molar-refractivity contribution >= 4 is 23.4 Å². The van der Waals surface area contributed by atoms with Gasteiger partial charge in [0, 0.05) is 11.4 Å². The summed E-state index contributed by atoms with van der Waals surface area (Å²) in [6, 6.07) is 17.0. The van der Waals surface area contributed by atoms with E-state index in [1.54, 1.807) is 11.8 Å². The summed E-state index contributed by atoms with van der Waals surface area (Å²) >= 11 is 1.57. The van der Waals surface area contributed by atoms with Crippen LogP contribution in [0, 0.1) is 0 Å². The van der Waals surface area contributed by atoms with Crippen LogP contribution in [0.1, 0.15) is 13.8 Å². The number of rotatable bonds is 9. The highest BCUT2D eigenvalue weighted by molar-refractivity contribution is 8.00. The minimum absolute atomic E-state index is 0.00673. The van der Waals surface area contributed by atoms with Gasteiger partial charge in [-0.2, -0.15) is 0 Å². The number of hydrogen-bond acceptors (Lipinski definition) is 4. The lowest BCUT2D eigenvalue weighted by molar-refractivity contribution is -0.115. The van der Waals surface area contributed by atoms with Crippen LogP contribution >= 0.6 is 11.8 Å². The Morgan fingerprint density at radius 2 is 1.67 bits per heavy atom. The van der Waals surface area contributed by atoms with Crippen molar-refractivity contribution in [3.63, 3.8) is 0 Å². The molecule has 128 valence electrons. The Labute approximate surface area is 147 Å². The van der Waals surface area contributed by atoms with Crippen molar-refractivity contribution in [2.45, 2.75) is 19.1 Å². The Balaban J connectivity index is 1.66. The Kier molecular flexibility index (Phi) is 7.49. The van der Waals surface area contributed by atoms with Crippen molar-refractivity contribution in [1.29, 1.82) is 0 Å². The first-order valence-electron chi connectivity index (χ1n) is 8.02. The molecule has 0 bridgehead atoms. The van der Waals surface area contributed by atoms with Crippen LogP contribution in [0.25, 0.3) is 0 Å². The van der Waals surface area contributed by atoms with Crippen LogP contribution in [0.5, 0.6) is 11.5 Å². The molecule has 0 heterocycles. The number of anilines is 1. The fourth-order valence-corrected chi connectivity index (χ4v) is 2.77. The molecule has 0 fully saturated rings. The van der Waals surface area contributed by atoms with E-state index >= 15 is 0 Å². The van der Waals surface area contributed by atoms with Gasteiger partial charge >= 0.3 is 0 Å². The zero-order valence-electron chi connectivity index (χ0n) is 14.0. The highest BCUT2D eigenvalue weighted by Crippen LogP contribution is 2.19. The third kappa shape index (κ3) is 6.16. The van der Waals surface area contributed by atoms with Gasteiger partial charge in [0.2, 0.25) is 5.91 Å². The summed E-state index contributed by atoms with van der Waals surface area (Å²) in [6.07, 6.45) is 0. The smallest absolute Gasteiger partial charge is 0.237 e. The van der Waals surface area contributed by atoms with Gasteiger partial charge in [-0.15, -0.1) is 11.8 Å². The average Bonchev–Trinajstić information content (AvgIpc) is 2.61. The zero-order valence-corrected chi connectivity index (χ0v) is 14.8. The molecular weight excluding hydrogens is 322 g/mol. The molecule has 1 atom stereocenters. The van der Waals surface area contributed by atoms with Crippen LogP contribution in [0.3, 0.4) is 0 Å². The quantitative estimate of drug-likeness (QED) is 0.691. The van der Waals surface area contributed by atoms with Crippen molar-refractivity contribution < 1.29 is 14.3 Å². The monoisotopic (exact) mass is 345 g/mol. The van der Waals surface area contributed by atoms with Gasteiger partial charge in [-0.25, -0.2) is 0 Å². The number of carbonyl (C=O) groups excluding carboxylic acids is 1. The third-order valence-electron chi connectivity index (χ3n) is 3.27. The van der Waals surface area contributed by atoms with Crippen LogP contribution in [0.4, 0.5) is 5.69 Å². The second-order valence-corrected chi connectivity index (χ2v) is 6.57. The Bertz CT molecular complexity index is 616. The molecule has 1 unspecified atom stereocenters. The van der Waals surface area contributed by atoms with Gasteiger partial charge in [-0.1, -0.05) is 18.2 Å². The fraction of sp³-hybridized carbons (Fsp3) is 0.316. The first-order valence-corrected chi connectivity index (χ1v) is 9.07. The Hall–Kier alpha value is -2.14. The lowest BCUT2D eigenvalue weighted by Crippen LogP contribution is -2.23. The molecule has 4 nitrogen and oxygen atoms in total.